The minimum atomic E-state index is -0.561. The molecule has 2 aromatic rings. The van der Waals surface area contributed by atoms with Gasteiger partial charge in [-0.15, -0.1) is 12.4 Å². The molecule has 2 amide bonds. The average Bonchev–Trinajstić information content (AvgIpc) is 2.97. The van der Waals surface area contributed by atoms with Gasteiger partial charge in [0, 0.05) is 31.6 Å². The van der Waals surface area contributed by atoms with E-state index in [4.69, 9.17) is 19.9 Å². The van der Waals surface area contributed by atoms with Gasteiger partial charge in [-0.1, -0.05) is 0 Å². The maximum Gasteiger partial charge on any atom is 0.306 e. The summed E-state index contributed by atoms with van der Waals surface area (Å²) in [5, 5.41) is 5.42. The molecule has 0 unspecified atom stereocenters. The van der Waals surface area contributed by atoms with Gasteiger partial charge in [0.1, 0.15) is 41.7 Å². The highest BCUT2D eigenvalue weighted by Gasteiger charge is 2.20. The predicted octanol–water partition coefficient (Wildman–Crippen LogP) is 3.70. The van der Waals surface area contributed by atoms with E-state index in [9.17, 15) is 23.2 Å². The molecule has 0 bridgehead atoms. The van der Waals surface area contributed by atoms with Gasteiger partial charge in [-0.25, -0.2) is 18.7 Å². The van der Waals surface area contributed by atoms with Crippen molar-refractivity contribution in [2.45, 2.75) is 52.1 Å². The van der Waals surface area contributed by atoms with E-state index in [2.05, 4.69) is 20.6 Å². The number of nitrogens with two attached hydrogens (primary N) is 1. The Labute approximate surface area is 261 Å². The van der Waals surface area contributed by atoms with Crippen LogP contribution in [0.3, 0.4) is 0 Å². The number of hydrogen-bond donors (Lipinski definition) is 3. The second-order valence-corrected chi connectivity index (χ2v) is 10.8. The molecule has 11 nitrogen and oxygen atoms in total. The normalized spacial score (nSPS) is 14.4. The van der Waals surface area contributed by atoms with Gasteiger partial charge in [0.25, 0.3) is 11.8 Å². The fourth-order valence-electron chi connectivity index (χ4n) is 4.01. The first kappa shape index (κ1) is 36.1. The molecule has 240 valence electrons. The largest absolute Gasteiger partial charge is 0.488 e. The molecule has 0 saturated heterocycles. The van der Waals surface area contributed by atoms with Crippen LogP contribution in [0.4, 0.5) is 8.78 Å². The lowest BCUT2D eigenvalue weighted by Gasteiger charge is -2.19. The Kier molecular flexibility index (Phi) is 14.2. The highest BCUT2D eigenvalue weighted by Crippen LogP contribution is 2.21. The van der Waals surface area contributed by atoms with E-state index in [0.29, 0.717) is 72.6 Å². The number of halogens is 3. The zero-order valence-corrected chi connectivity index (χ0v) is 25.7. The van der Waals surface area contributed by atoms with Crippen molar-refractivity contribution in [1.29, 1.82) is 0 Å². The molecule has 4 heterocycles. The van der Waals surface area contributed by atoms with Crippen LogP contribution in [0, 0.1) is 0 Å². The van der Waals surface area contributed by atoms with Crippen molar-refractivity contribution < 1.29 is 37.4 Å². The maximum absolute atomic E-state index is 13.0. The average molecular weight is 638 g/mol. The topological polar surface area (TPSA) is 155 Å². The summed E-state index contributed by atoms with van der Waals surface area (Å²) in [7, 11) is 0. The number of hydrogen-bond acceptors (Lipinski definition) is 9. The van der Waals surface area contributed by atoms with Crippen molar-refractivity contribution >= 4 is 30.2 Å². The van der Waals surface area contributed by atoms with Crippen molar-refractivity contribution in [3.8, 4) is 11.5 Å². The fourth-order valence-corrected chi connectivity index (χ4v) is 4.01. The zero-order chi connectivity index (χ0) is 31.4. The molecule has 0 atom stereocenters. The summed E-state index contributed by atoms with van der Waals surface area (Å²) in [5.41, 5.74) is 7.94. The lowest BCUT2D eigenvalue weighted by molar-refractivity contribution is -0.154. The van der Waals surface area contributed by atoms with Crippen molar-refractivity contribution in [1.82, 2.24) is 20.6 Å². The number of carbonyl (C=O) groups is 3. The first-order valence-corrected chi connectivity index (χ1v) is 13.8. The van der Waals surface area contributed by atoms with Crippen LogP contribution in [0.15, 0.2) is 48.3 Å². The fraction of sp³-hybridized carbons (Fsp3) is 0.433. The van der Waals surface area contributed by atoms with Crippen LogP contribution in [-0.4, -0.2) is 66.2 Å². The van der Waals surface area contributed by atoms with Gasteiger partial charge in [-0.05, 0) is 68.9 Å². The quantitative estimate of drug-likeness (QED) is 0.331. The Morgan fingerprint density at radius 2 is 1.36 bits per heavy atom. The Morgan fingerprint density at radius 3 is 1.80 bits per heavy atom. The number of amides is 2. The molecular formula is C30H38ClF2N5O6. The first-order chi connectivity index (χ1) is 20.5. The molecule has 2 aliphatic rings. The molecule has 0 spiro atoms. The van der Waals surface area contributed by atoms with Gasteiger partial charge in [0.2, 0.25) is 0 Å². The second kappa shape index (κ2) is 17.3. The van der Waals surface area contributed by atoms with Crippen LogP contribution in [0.25, 0.3) is 0 Å². The molecule has 2 aliphatic heterocycles. The Balaban J connectivity index is 0.000000315. The zero-order valence-electron chi connectivity index (χ0n) is 24.9. The van der Waals surface area contributed by atoms with Crippen LogP contribution < -0.4 is 25.8 Å². The molecule has 0 radical (unpaired) electrons. The number of aromatic nitrogens is 2. The van der Waals surface area contributed by atoms with Crippen LogP contribution in [0.5, 0.6) is 11.5 Å². The highest BCUT2D eigenvalue weighted by molar-refractivity contribution is 5.95. The van der Waals surface area contributed by atoms with Crippen molar-refractivity contribution in [2.24, 2.45) is 5.73 Å². The molecule has 0 aromatic carbocycles. The Bertz CT molecular complexity index is 1380. The van der Waals surface area contributed by atoms with Crippen molar-refractivity contribution in [3.63, 3.8) is 0 Å². The van der Waals surface area contributed by atoms with Gasteiger partial charge in [-0.2, -0.15) is 0 Å². The number of rotatable bonds is 10. The van der Waals surface area contributed by atoms with Gasteiger partial charge in [-0.3, -0.25) is 14.4 Å². The third-order valence-corrected chi connectivity index (χ3v) is 6.16. The van der Waals surface area contributed by atoms with Gasteiger partial charge in [0.15, 0.2) is 0 Å². The molecule has 0 fully saturated rings. The van der Waals surface area contributed by atoms with E-state index in [0.717, 1.165) is 11.1 Å². The van der Waals surface area contributed by atoms with E-state index in [1.54, 1.807) is 32.9 Å². The molecule has 4 N–H and O–H groups in total. The summed E-state index contributed by atoms with van der Waals surface area (Å²) in [6.07, 6.45) is 5.47. The smallest absolute Gasteiger partial charge is 0.306 e. The molecule has 14 heteroatoms. The summed E-state index contributed by atoms with van der Waals surface area (Å²) in [4.78, 5) is 42.9. The summed E-state index contributed by atoms with van der Waals surface area (Å²) in [6, 6.07) is 3.50. The minimum Gasteiger partial charge on any atom is -0.488 e. The number of esters is 1. The number of pyridine rings is 2. The molecule has 0 saturated carbocycles. The summed E-state index contributed by atoms with van der Waals surface area (Å²) in [6.45, 7) is 6.69. The standard InChI is InChI=1S/C18H23FN2O4.C12H14FN3O2.ClH/c1-18(2,3)25-15(22)5-4-12(9-19)11-24-14-8-13-6-7-20-17(23)16(13)21-10-14;13-4-8(5-14)7-18-10-3-9-1-2-15-12(17)11(9)16-6-10;/h8-10H,4-7,11H2,1-3H3,(H,20,23);3-4,6H,1-2,5,7,14H2,(H,15,17);1H/b12-9+;8-4+;. The summed E-state index contributed by atoms with van der Waals surface area (Å²) >= 11 is 0. The monoisotopic (exact) mass is 637 g/mol. The number of ether oxygens (including phenoxy) is 3. The van der Waals surface area contributed by atoms with Crippen LogP contribution in [0.1, 0.15) is 65.7 Å². The van der Waals surface area contributed by atoms with Crippen molar-refractivity contribution in [3.05, 3.63) is 70.8 Å². The van der Waals surface area contributed by atoms with Crippen LogP contribution in [-0.2, 0) is 22.4 Å². The van der Waals surface area contributed by atoms with E-state index in [1.165, 1.54) is 12.4 Å². The van der Waals surface area contributed by atoms with E-state index >= 15 is 0 Å². The van der Waals surface area contributed by atoms with E-state index in [-0.39, 0.29) is 62.8 Å². The third kappa shape index (κ3) is 11.2. The molecule has 0 aliphatic carbocycles. The van der Waals surface area contributed by atoms with E-state index < -0.39 is 5.60 Å². The molecule has 44 heavy (non-hydrogen) atoms. The second-order valence-electron chi connectivity index (χ2n) is 10.8. The van der Waals surface area contributed by atoms with E-state index in [1.807, 2.05) is 0 Å². The molecule has 2 aromatic heterocycles. The van der Waals surface area contributed by atoms with Gasteiger partial charge < -0.3 is 30.6 Å². The minimum absolute atomic E-state index is 0. The molecular weight excluding hydrogens is 600 g/mol. The number of fused-ring (bicyclic) bond motifs is 2. The first-order valence-electron chi connectivity index (χ1n) is 13.8. The predicted molar refractivity (Wildman–Crippen MR) is 161 cm³/mol. The maximum atomic E-state index is 13.0. The van der Waals surface area contributed by atoms with Crippen molar-refractivity contribution in [2.75, 3.05) is 32.8 Å². The SMILES string of the molecule is CC(C)(C)OC(=O)CC/C(=C\F)COc1cnc2c(c1)CCNC2=O.Cl.NC/C(=C\F)COc1cnc2c(c1)CCNC2=O. The lowest BCUT2D eigenvalue weighted by atomic mass is 10.1. The Morgan fingerprint density at radius 1 is 0.886 bits per heavy atom. The van der Waals surface area contributed by atoms with Gasteiger partial charge in [0.05, 0.1) is 25.1 Å². The third-order valence-electron chi connectivity index (χ3n) is 6.16. The van der Waals surface area contributed by atoms with Crippen LogP contribution >= 0.6 is 12.4 Å². The lowest BCUT2D eigenvalue weighted by Crippen LogP contribution is -2.32. The Hall–Kier alpha value is -4.10. The summed E-state index contributed by atoms with van der Waals surface area (Å²) in [5.74, 6) is 0.221. The summed E-state index contributed by atoms with van der Waals surface area (Å²) < 4.78 is 41.4. The van der Waals surface area contributed by atoms with Gasteiger partial charge >= 0.3 is 5.97 Å². The number of nitrogens with zero attached hydrogens (tertiary/aromatic N) is 2. The van der Waals surface area contributed by atoms with Crippen LogP contribution in [0.2, 0.25) is 0 Å². The number of carbonyl (C=O) groups excluding carboxylic acids is 3. The molecule has 4 rings (SSSR count). The highest BCUT2D eigenvalue weighted by atomic mass is 35.5. The number of nitrogens with one attached hydrogen (secondary N) is 2.